The Kier molecular flexibility index (Phi) is 4.02. The summed E-state index contributed by atoms with van der Waals surface area (Å²) in [4.78, 5) is 4.66. The second-order valence-electron chi connectivity index (χ2n) is 4.15. The maximum atomic E-state index is 6.03. The molecule has 0 unspecified atom stereocenters. The molecule has 0 aliphatic heterocycles. The van der Waals surface area contributed by atoms with Gasteiger partial charge in [0.1, 0.15) is 5.82 Å². The Hall–Kier alpha value is -1.06. The number of hydrogen-bond acceptors (Lipinski definition) is 2. The molecule has 1 aromatic carbocycles. The highest BCUT2D eigenvalue weighted by atomic mass is 35.5. The molecule has 0 saturated heterocycles. The lowest BCUT2D eigenvalue weighted by molar-refractivity contribution is 0.661. The SMILES string of the molecule is CCn1c(CCCCN)nc2ccc(Cl)cc21. The van der Waals surface area contributed by atoms with E-state index in [4.69, 9.17) is 17.3 Å². The van der Waals surface area contributed by atoms with Gasteiger partial charge < -0.3 is 10.3 Å². The number of nitrogens with zero attached hydrogens (tertiary/aromatic N) is 2. The van der Waals surface area contributed by atoms with Crippen LogP contribution < -0.4 is 5.73 Å². The van der Waals surface area contributed by atoms with Crippen molar-refractivity contribution in [3.63, 3.8) is 0 Å². The number of hydrogen-bond donors (Lipinski definition) is 1. The number of halogens is 1. The summed E-state index contributed by atoms with van der Waals surface area (Å²) in [6.45, 7) is 3.81. The van der Waals surface area contributed by atoms with Crippen molar-refractivity contribution in [3.05, 3.63) is 29.0 Å². The fraction of sp³-hybridized carbons (Fsp3) is 0.462. The van der Waals surface area contributed by atoms with E-state index in [1.165, 1.54) is 0 Å². The molecule has 0 bridgehead atoms. The average molecular weight is 252 g/mol. The first-order valence-corrected chi connectivity index (χ1v) is 6.48. The van der Waals surface area contributed by atoms with Crippen LogP contribution in [0.4, 0.5) is 0 Å². The average Bonchev–Trinajstić information content (AvgIpc) is 2.66. The standard InChI is InChI=1S/C13H18ClN3/c1-2-17-12-9-10(14)6-7-11(12)16-13(17)5-3-4-8-15/h6-7,9H,2-5,8,15H2,1H3. The summed E-state index contributed by atoms with van der Waals surface area (Å²) in [7, 11) is 0. The van der Waals surface area contributed by atoms with Gasteiger partial charge in [0, 0.05) is 18.0 Å². The molecule has 0 fully saturated rings. The lowest BCUT2D eigenvalue weighted by Crippen LogP contribution is -2.04. The summed E-state index contributed by atoms with van der Waals surface area (Å²) in [6.07, 6.45) is 3.12. The highest BCUT2D eigenvalue weighted by molar-refractivity contribution is 6.31. The molecule has 17 heavy (non-hydrogen) atoms. The van der Waals surface area contributed by atoms with Gasteiger partial charge in [-0.1, -0.05) is 11.6 Å². The van der Waals surface area contributed by atoms with Crippen LogP contribution in [-0.2, 0) is 13.0 Å². The minimum atomic E-state index is 0.748. The van der Waals surface area contributed by atoms with Crippen molar-refractivity contribution in [1.82, 2.24) is 9.55 Å². The van der Waals surface area contributed by atoms with Gasteiger partial charge in [0.2, 0.25) is 0 Å². The first-order chi connectivity index (χ1) is 8.26. The molecule has 0 atom stereocenters. The number of aromatic nitrogens is 2. The molecule has 0 spiro atoms. The number of benzene rings is 1. The van der Waals surface area contributed by atoms with Crippen LogP contribution in [0.3, 0.4) is 0 Å². The van der Waals surface area contributed by atoms with Gasteiger partial charge >= 0.3 is 0 Å². The summed E-state index contributed by atoms with van der Waals surface area (Å²) in [5, 5.41) is 0.764. The van der Waals surface area contributed by atoms with Crippen LogP contribution in [0.2, 0.25) is 5.02 Å². The topological polar surface area (TPSA) is 43.8 Å². The first-order valence-electron chi connectivity index (χ1n) is 6.11. The summed E-state index contributed by atoms with van der Waals surface area (Å²) in [6, 6.07) is 5.86. The minimum Gasteiger partial charge on any atom is -0.330 e. The molecular formula is C13H18ClN3. The zero-order valence-electron chi connectivity index (χ0n) is 10.1. The van der Waals surface area contributed by atoms with E-state index in [0.717, 1.165) is 54.2 Å². The largest absolute Gasteiger partial charge is 0.330 e. The predicted molar refractivity (Wildman–Crippen MR) is 72.4 cm³/mol. The quantitative estimate of drug-likeness (QED) is 0.831. The van der Waals surface area contributed by atoms with Gasteiger partial charge in [0.15, 0.2) is 0 Å². The van der Waals surface area contributed by atoms with Gasteiger partial charge in [-0.3, -0.25) is 0 Å². The predicted octanol–water partition coefficient (Wildman–Crippen LogP) is 2.99. The van der Waals surface area contributed by atoms with Gasteiger partial charge in [0.05, 0.1) is 11.0 Å². The monoisotopic (exact) mass is 251 g/mol. The summed E-state index contributed by atoms with van der Waals surface area (Å²) >= 11 is 6.03. The van der Waals surface area contributed by atoms with Gasteiger partial charge in [-0.05, 0) is 44.5 Å². The van der Waals surface area contributed by atoms with Crippen molar-refractivity contribution < 1.29 is 0 Å². The second kappa shape index (κ2) is 5.52. The van der Waals surface area contributed by atoms with E-state index in [1.54, 1.807) is 0 Å². The molecule has 0 aliphatic rings. The number of nitrogens with two attached hydrogens (primary N) is 1. The highest BCUT2D eigenvalue weighted by Crippen LogP contribution is 2.21. The maximum absolute atomic E-state index is 6.03. The van der Waals surface area contributed by atoms with E-state index in [9.17, 15) is 0 Å². The number of imidazole rings is 1. The van der Waals surface area contributed by atoms with Crippen LogP contribution in [0.25, 0.3) is 11.0 Å². The van der Waals surface area contributed by atoms with Crippen molar-refractivity contribution in [2.75, 3.05) is 6.54 Å². The van der Waals surface area contributed by atoms with Crippen LogP contribution in [0.1, 0.15) is 25.6 Å². The third-order valence-electron chi connectivity index (χ3n) is 2.96. The molecule has 3 nitrogen and oxygen atoms in total. The molecule has 0 saturated carbocycles. The van der Waals surface area contributed by atoms with Crippen molar-refractivity contribution in [3.8, 4) is 0 Å². The Morgan fingerprint density at radius 2 is 2.18 bits per heavy atom. The molecule has 4 heteroatoms. The fourth-order valence-corrected chi connectivity index (χ4v) is 2.28. The van der Waals surface area contributed by atoms with E-state index >= 15 is 0 Å². The van der Waals surface area contributed by atoms with Crippen LogP contribution >= 0.6 is 11.6 Å². The molecular weight excluding hydrogens is 234 g/mol. The van der Waals surface area contributed by atoms with Gasteiger partial charge in [0.25, 0.3) is 0 Å². The van der Waals surface area contributed by atoms with Crippen LogP contribution in [0.15, 0.2) is 18.2 Å². The Morgan fingerprint density at radius 1 is 1.35 bits per heavy atom. The minimum absolute atomic E-state index is 0.748. The number of rotatable bonds is 5. The van der Waals surface area contributed by atoms with Crippen LogP contribution in [0, 0.1) is 0 Å². The van der Waals surface area contributed by atoms with Crippen LogP contribution in [-0.4, -0.2) is 16.1 Å². The Bertz CT molecular complexity index is 505. The van der Waals surface area contributed by atoms with E-state index in [2.05, 4.69) is 16.5 Å². The lowest BCUT2D eigenvalue weighted by Gasteiger charge is -2.05. The molecule has 1 aromatic heterocycles. The fourth-order valence-electron chi connectivity index (χ4n) is 2.12. The van der Waals surface area contributed by atoms with E-state index in [1.807, 2.05) is 18.2 Å². The van der Waals surface area contributed by atoms with Crippen molar-refractivity contribution in [2.45, 2.75) is 32.7 Å². The number of fused-ring (bicyclic) bond motifs is 1. The number of aryl methyl sites for hydroxylation is 2. The van der Waals surface area contributed by atoms with Crippen molar-refractivity contribution in [2.24, 2.45) is 5.73 Å². The molecule has 92 valence electrons. The zero-order chi connectivity index (χ0) is 12.3. The Balaban J connectivity index is 2.35. The molecule has 2 N–H and O–H groups in total. The lowest BCUT2D eigenvalue weighted by atomic mass is 10.2. The van der Waals surface area contributed by atoms with Crippen molar-refractivity contribution in [1.29, 1.82) is 0 Å². The van der Waals surface area contributed by atoms with Crippen molar-refractivity contribution >= 4 is 22.6 Å². The second-order valence-corrected chi connectivity index (χ2v) is 4.59. The van der Waals surface area contributed by atoms with Crippen LogP contribution in [0.5, 0.6) is 0 Å². The summed E-state index contributed by atoms with van der Waals surface area (Å²) in [5.74, 6) is 1.14. The molecule has 2 rings (SSSR count). The van der Waals surface area contributed by atoms with Gasteiger partial charge in [-0.2, -0.15) is 0 Å². The van der Waals surface area contributed by atoms with Gasteiger partial charge in [-0.15, -0.1) is 0 Å². The Labute approximate surface area is 107 Å². The molecule has 0 aliphatic carbocycles. The summed E-state index contributed by atoms with van der Waals surface area (Å²) < 4.78 is 2.23. The highest BCUT2D eigenvalue weighted by Gasteiger charge is 2.09. The third kappa shape index (κ3) is 2.61. The zero-order valence-corrected chi connectivity index (χ0v) is 10.9. The third-order valence-corrected chi connectivity index (χ3v) is 3.20. The van der Waals surface area contributed by atoms with E-state index < -0.39 is 0 Å². The first kappa shape index (κ1) is 12.4. The number of unbranched alkanes of at least 4 members (excludes halogenated alkanes) is 1. The van der Waals surface area contributed by atoms with E-state index in [-0.39, 0.29) is 0 Å². The van der Waals surface area contributed by atoms with Gasteiger partial charge in [-0.25, -0.2) is 4.98 Å². The normalized spacial score (nSPS) is 11.2. The molecule has 1 heterocycles. The van der Waals surface area contributed by atoms with E-state index in [0.29, 0.717) is 0 Å². The maximum Gasteiger partial charge on any atom is 0.109 e. The molecule has 0 amide bonds. The smallest absolute Gasteiger partial charge is 0.109 e. The molecule has 2 aromatic rings. The summed E-state index contributed by atoms with van der Waals surface area (Å²) in [5.41, 5.74) is 7.67. The molecule has 0 radical (unpaired) electrons. The Morgan fingerprint density at radius 3 is 2.88 bits per heavy atom.